The molecular weight excluding hydrogens is 676 g/mol. The van der Waals surface area contributed by atoms with Gasteiger partial charge in [-0.25, -0.2) is 19.6 Å². The highest BCUT2D eigenvalue weighted by atomic mass is 16.5. The molecule has 1 fully saturated rings. The van der Waals surface area contributed by atoms with E-state index < -0.39 is 12.2 Å². The van der Waals surface area contributed by atoms with Crippen LogP contribution in [0.15, 0.2) is 72.8 Å². The average molecular weight is 717 g/mol. The Bertz CT molecular complexity index is 2420. The summed E-state index contributed by atoms with van der Waals surface area (Å²) in [6.45, 7) is 6.96. The molecule has 14 heteroatoms. The molecule has 14 nitrogen and oxygen atoms in total. The van der Waals surface area contributed by atoms with Gasteiger partial charge in [-0.2, -0.15) is 0 Å². The van der Waals surface area contributed by atoms with Gasteiger partial charge in [0, 0.05) is 23.9 Å². The Balaban J connectivity index is 1.13. The third-order valence-electron chi connectivity index (χ3n) is 9.55. The molecule has 3 heterocycles. The molecule has 0 aliphatic carbocycles. The van der Waals surface area contributed by atoms with E-state index in [0.717, 1.165) is 66.7 Å². The van der Waals surface area contributed by atoms with Gasteiger partial charge in [-0.15, -0.1) is 0 Å². The van der Waals surface area contributed by atoms with Gasteiger partial charge in [0.15, 0.2) is 0 Å². The van der Waals surface area contributed by atoms with Crippen molar-refractivity contribution >= 4 is 67.6 Å². The maximum atomic E-state index is 13.0. The van der Waals surface area contributed by atoms with E-state index in [0.29, 0.717) is 31.2 Å². The first-order valence-corrected chi connectivity index (χ1v) is 17.4. The number of aromatic amines is 2. The quantitative estimate of drug-likeness (QED) is 0.131. The molecule has 53 heavy (non-hydrogen) atoms. The van der Waals surface area contributed by atoms with Crippen molar-refractivity contribution in [3.05, 3.63) is 84.5 Å². The number of hydrogen-bond donors (Lipinski definition) is 4. The maximum absolute atomic E-state index is 13.0. The average Bonchev–Trinajstić information content (AvgIpc) is 3.91. The van der Waals surface area contributed by atoms with Crippen molar-refractivity contribution in [1.29, 1.82) is 0 Å². The van der Waals surface area contributed by atoms with Crippen LogP contribution >= 0.6 is 0 Å². The number of hydrogen-bond acceptors (Lipinski definition) is 8. The lowest BCUT2D eigenvalue weighted by Gasteiger charge is -2.22. The number of benzene rings is 4. The number of fused-ring (bicyclic) bond motifs is 6. The fourth-order valence-electron chi connectivity index (χ4n) is 6.97. The van der Waals surface area contributed by atoms with Crippen molar-refractivity contribution in [1.82, 2.24) is 40.4 Å². The van der Waals surface area contributed by atoms with Crippen molar-refractivity contribution in [3.8, 4) is 11.1 Å². The third-order valence-corrected chi connectivity index (χ3v) is 9.55. The molecule has 1 aliphatic rings. The second-order valence-corrected chi connectivity index (χ2v) is 13.1. The summed E-state index contributed by atoms with van der Waals surface area (Å²) in [6.07, 6.45) is 0.0202. The Morgan fingerprint density at radius 2 is 1.45 bits per heavy atom. The Morgan fingerprint density at radius 3 is 2.08 bits per heavy atom. The molecule has 6 aromatic rings. The van der Waals surface area contributed by atoms with Crippen molar-refractivity contribution < 1.29 is 28.7 Å². The van der Waals surface area contributed by atoms with E-state index in [1.165, 1.54) is 14.2 Å². The number of H-pyrrole nitrogens is 2. The summed E-state index contributed by atoms with van der Waals surface area (Å²) >= 11 is 0. The van der Waals surface area contributed by atoms with Crippen LogP contribution in [0.2, 0.25) is 0 Å². The lowest BCUT2D eigenvalue weighted by Crippen LogP contribution is -2.40. The summed E-state index contributed by atoms with van der Waals surface area (Å²) in [7, 11) is 2.51. The number of carbonyl (C=O) groups excluding carboxylic acids is 4. The molecule has 0 bridgehead atoms. The molecule has 1 saturated heterocycles. The molecule has 0 spiro atoms. The molecule has 0 radical (unpaired) electrons. The molecule has 4 amide bonds. The van der Waals surface area contributed by atoms with Crippen LogP contribution in [0.4, 0.5) is 9.59 Å². The smallest absolute Gasteiger partial charge is 0.407 e. The number of methoxy groups -OCH3 is 2. The third kappa shape index (κ3) is 7.07. The number of carbonyl (C=O) groups is 4. The number of imidazole rings is 2. The first kappa shape index (κ1) is 35.0. The number of amides is 4. The number of alkyl carbamates (subject to hydrolysis) is 2. The molecular formula is C39H40N8O6. The number of aromatic nitrogens is 4. The minimum atomic E-state index is -0.662. The molecule has 1 unspecified atom stereocenters. The fourth-order valence-corrected chi connectivity index (χ4v) is 6.97. The molecule has 7 rings (SSSR count). The highest BCUT2D eigenvalue weighted by Gasteiger charge is 2.34. The minimum Gasteiger partial charge on any atom is -0.453 e. The zero-order valence-electron chi connectivity index (χ0n) is 29.7. The molecule has 0 saturated carbocycles. The standard InChI is InChI=1S/C39H40N8O6/c1-5-14-46(33(48)18-40-38(50)52-3)21-32-42-29-12-8-25-16-23(6-10-27(25)35(29)44-32)24-7-11-28-26(17-24)9-13-30-36(28)45-37(43-30)31-15-22(2)20-47(31)34(49)19-41-39(51)53-4/h6-13,16-17,31H,2,5,14-15,18-21H2,1,3-4H3,(H,40,50)(H,41,51)(H,42,44)(H,43,45). The topological polar surface area (TPSA) is 175 Å². The highest BCUT2D eigenvalue weighted by Crippen LogP contribution is 2.36. The Hall–Kier alpha value is -6.44. The van der Waals surface area contributed by atoms with Gasteiger partial charge < -0.3 is 39.9 Å². The first-order valence-electron chi connectivity index (χ1n) is 17.4. The number of likely N-dealkylation sites (tertiary alicyclic amines) is 1. The summed E-state index contributed by atoms with van der Waals surface area (Å²) < 4.78 is 9.19. The molecule has 4 aromatic carbocycles. The lowest BCUT2D eigenvalue weighted by molar-refractivity contribution is -0.131. The van der Waals surface area contributed by atoms with E-state index in [1.54, 1.807) is 9.80 Å². The second kappa shape index (κ2) is 14.7. The predicted octanol–water partition coefficient (Wildman–Crippen LogP) is 5.69. The van der Waals surface area contributed by atoms with Crippen LogP contribution in [0.25, 0.3) is 54.7 Å². The normalized spacial score (nSPS) is 14.3. The zero-order valence-corrected chi connectivity index (χ0v) is 29.7. The molecule has 1 atom stereocenters. The number of ether oxygens (including phenoxy) is 2. The number of rotatable bonds is 10. The molecule has 1 aliphatic heterocycles. The monoisotopic (exact) mass is 716 g/mol. The summed E-state index contributed by atoms with van der Waals surface area (Å²) in [4.78, 5) is 68.9. The Morgan fingerprint density at radius 1 is 0.849 bits per heavy atom. The van der Waals surface area contributed by atoms with Crippen molar-refractivity contribution in [2.75, 3.05) is 40.4 Å². The van der Waals surface area contributed by atoms with Gasteiger partial charge in [-0.3, -0.25) is 9.59 Å². The first-order chi connectivity index (χ1) is 25.6. The van der Waals surface area contributed by atoms with E-state index in [4.69, 9.17) is 9.97 Å². The van der Waals surface area contributed by atoms with Crippen LogP contribution in [0.3, 0.4) is 0 Å². The van der Waals surface area contributed by atoms with Crippen LogP contribution < -0.4 is 10.6 Å². The summed E-state index contributed by atoms with van der Waals surface area (Å²) in [6, 6.07) is 20.4. The summed E-state index contributed by atoms with van der Waals surface area (Å²) in [5, 5.41) is 8.95. The van der Waals surface area contributed by atoms with Crippen LogP contribution in [0, 0.1) is 0 Å². The van der Waals surface area contributed by atoms with Gasteiger partial charge in [0.05, 0.1) is 48.9 Å². The number of nitrogens with zero attached hydrogens (tertiary/aromatic N) is 4. The van der Waals surface area contributed by atoms with Crippen LogP contribution in [-0.4, -0.2) is 94.1 Å². The van der Waals surface area contributed by atoms with Crippen molar-refractivity contribution in [2.24, 2.45) is 0 Å². The Kier molecular flexibility index (Phi) is 9.68. The van der Waals surface area contributed by atoms with E-state index in [9.17, 15) is 19.2 Å². The van der Waals surface area contributed by atoms with E-state index >= 15 is 0 Å². The summed E-state index contributed by atoms with van der Waals surface area (Å²) in [5.74, 6) is 0.867. The SMILES string of the molecule is C=C1CC(c2nc3c(ccc4cc(-c5ccc6c(ccc7[nH]c(CN(CCC)C(=O)CNC(=O)OC)nc76)c5)ccc43)[nH]2)N(C(=O)CNC(=O)OC)C1. The largest absolute Gasteiger partial charge is 0.453 e. The van der Waals surface area contributed by atoms with Gasteiger partial charge in [-0.1, -0.05) is 55.5 Å². The van der Waals surface area contributed by atoms with E-state index in [2.05, 4.69) is 85.2 Å². The molecule has 4 N–H and O–H groups in total. The minimum absolute atomic E-state index is 0.155. The number of nitrogens with one attached hydrogen (secondary N) is 4. The van der Waals surface area contributed by atoms with Crippen LogP contribution in [0.1, 0.15) is 37.5 Å². The lowest BCUT2D eigenvalue weighted by atomic mass is 9.98. The van der Waals surface area contributed by atoms with Gasteiger partial charge in [-0.05, 0) is 59.0 Å². The predicted molar refractivity (Wildman–Crippen MR) is 201 cm³/mol. The van der Waals surface area contributed by atoms with Gasteiger partial charge in [0.1, 0.15) is 24.7 Å². The second-order valence-electron chi connectivity index (χ2n) is 13.1. The Labute approximate surface area is 304 Å². The molecule has 272 valence electrons. The van der Waals surface area contributed by atoms with E-state index in [1.807, 2.05) is 19.1 Å². The van der Waals surface area contributed by atoms with Gasteiger partial charge in [0.2, 0.25) is 11.8 Å². The molecule has 2 aromatic heterocycles. The highest BCUT2D eigenvalue weighted by molar-refractivity contribution is 6.07. The maximum Gasteiger partial charge on any atom is 0.407 e. The van der Waals surface area contributed by atoms with Gasteiger partial charge >= 0.3 is 12.2 Å². The van der Waals surface area contributed by atoms with Crippen molar-refractivity contribution in [2.45, 2.75) is 32.4 Å². The van der Waals surface area contributed by atoms with Crippen LogP contribution in [0.5, 0.6) is 0 Å². The zero-order chi connectivity index (χ0) is 37.2. The van der Waals surface area contributed by atoms with E-state index in [-0.39, 0.29) is 37.5 Å². The van der Waals surface area contributed by atoms with Crippen molar-refractivity contribution in [3.63, 3.8) is 0 Å². The van der Waals surface area contributed by atoms with Gasteiger partial charge in [0.25, 0.3) is 0 Å². The van der Waals surface area contributed by atoms with Crippen LogP contribution in [-0.2, 0) is 25.6 Å². The fraction of sp³-hybridized carbons (Fsp3) is 0.282. The summed E-state index contributed by atoms with van der Waals surface area (Å²) in [5.41, 5.74) is 6.39.